The van der Waals surface area contributed by atoms with E-state index in [9.17, 15) is 0 Å². The number of hydrogen-bond donors (Lipinski definition) is 1. The maximum absolute atomic E-state index is 6.05. The Morgan fingerprint density at radius 3 is 2.12 bits per heavy atom. The van der Waals surface area contributed by atoms with Crippen LogP contribution in [0.2, 0.25) is 0 Å². The smallest absolute Gasteiger partial charge is 0.0332 e. The maximum atomic E-state index is 6.05. The molecular weight excluding hydrogens is 198 g/mol. The SMILES string of the molecule is NCC1(N2CCN(C3CC3)CC2)CCCC1. The molecule has 3 nitrogen and oxygen atoms in total. The molecule has 0 spiro atoms. The molecule has 1 saturated heterocycles. The molecule has 92 valence electrons. The van der Waals surface area contributed by atoms with Gasteiger partial charge in [0.1, 0.15) is 0 Å². The first kappa shape index (κ1) is 11.0. The van der Waals surface area contributed by atoms with Crippen molar-refractivity contribution in [1.82, 2.24) is 9.80 Å². The maximum Gasteiger partial charge on any atom is 0.0332 e. The van der Waals surface area contributed by atoms with E-state index in [-0.39, 0.29) is 0 Å². The fourth-order valence-electron chi connectivity index (χ4n) is 3.68. The van der Waals surface area contributed by atoms with E-state index in [4.69, 9.17) is 5.73 Å². The van der Waals surface area contributed by atoms with Gasteiger partial charge in [0.25, 0.3) is 0 Å². The molecule has 3 fully saturated rings. The molecule has 2 N–H and O–H groups in total. The van der Waals surface area contributed by atoms with Gasteiger partial charge < -0.3 is 5.73 Å². The van der Waals surface area contributed by atoms with E-state index in [1.807, 2.05) is 0 Å². The van der Waals surface area contributed by atoms with Crippen LogP contribution in [-0.4, -0.2) is 54.1 Å². The molecule has 0 radical (unpaired) electrons. The van der Waals surface area contributed by atoms with Crippen LogP contribution in [0.4, 0.5) is 0 Å². The second-order valence-corrected chi connectivity index (χ2v) is 5.89. The van der Waals surface area contributed by atoms with Crippen molar-refractivity contribution >= 4 is 0 Å². The average Bonchev–Trinajstić information content (AvgIpc) is 3.08. The van der Waals surface area contributed by atoms with Crippen LogP contribution in [0.25, 0.3) is 0 Å². The minimum atomic E-state index is 0.385. The molecule has 0 atom stereocenters. The quantitative estimate of drug-likeness (QED) is 0.776. The molecule has 0 amide bonds. The lowest BCUT2D eigenvalue weighted by Gasteiger charge is -2.45. The molecule has 2 saturated carbocycles. The summed E-state index contributed by atoms with van der Waals surface area (Å²) in [7, 11) is 0. The summed E-state index contributed by atoms with van der Waals surface area (Å²) in [6.07, 6.45) is 8.35. The van der Waals surface area contributed by atoms with Gasteiger partial charge in [-0.05, 0) is 25.7 Å². The molecule has 2 aliphatic carbocycles. The highest BCUT2D eigenvalue weighted by Gasteiger charge is 2.41. The minimum Gasteiger partial charge on any atom is -0.329 e. The third-order valence-corrected chi connectivity index (χ3v) is 4.96. The van der Waals surface area contributed by atoms with E-state index in [0.29, 0.717) is 5.54 Å². The topological polar surface area (TPSA) is 32.5 Å². The largest absolute Gasteiger partial charge is 0.329 e. The number of rotatable bonds is 3. The summed E-state index contributed by atoms with van der Waals surface area (Å²) in [6, 6.07) is 0.944. The van der Waals surface area contributed by atoms with Gasteiger partial charge in [0.05, 0.1) is 0 Å². The van der Waals surface area contributed by atoms with Gasteiger partial charge in [-0.15, -0.1) is 0 Å². The van der Waals surface area contributed by atoms with Crippen LogP contribution < -0.4 is 5.73 Å². The monoisotopic (exact) mass is 223 g/mol. The van der Waals surface area contributed by atoms with Gasteiger partial charge in [0.2, 0.25) is 0 Å². The second-order valence-electron chi connectivity index (χ2n) is 5.89. The highest BCUT2D eigenvalue weighted by atomic mass is 15.3. The summed E-state index contributed by atoms with van der Waals surface area (Å²) >= 11 is 0. The summed E-state index contributed by atoms with van der Waals surface area (Å²) in [4.78, 5) is 5.40. The van der Waals surface area contributed by atoms with Gasteiger partial charge in [-0.1, -0.05) is 12.8 Å². The molecule has 1 aliphatic heterocycles. The molecule has 0 aromatic carbocycles. The minimum absolute atomic E-state index is 0.385. The Hall–Kier alpha value is -0.120. The predicted octanol–water partition coefficient (Wildman–Crippen LogP) is 1.04. The molecule has 0 bridgehead atoms. The van der Waals surface area contributed by atoms with Gasteiger partial charge in [0.15, 0.2) is 0 Å². The molecule has 0 aromatic rings. The fourth-order valence-corrected chi connectivity index (χ4v) is 3.68. The van der Waals surface area contributed by atoms with E-state index >= 15 is 0 Å². The van der Waals surface area contributed by atoms with Crippen molar-refractivity contribution in [2.45, 2.75) is 50.1 Å². The van der Waals surface area contributed by atoms with Crippen LogP contribution in [0.15, 0.2) is 0 Å². The van der Waals surface area contributed by atoms with Crippen molar-refractivity contribution in [3.05, 3.63) is 0 Å². The van der Waals surface area contributed by atoms with Crippen LogP contribution in [0.1, 0.15) is 38.5 Å². The molecule has 16 heavy (non-hydrogen) atoms. The van der Waals surface area contributed by atoms with Crippen molar-refractivity contribution in [2.75, 3.05) is 32.7 Å². The van der Waals surface area contributed by atoms with Crippen molar-refractivity contribution in [2.24, 2.45) is 5.73 Å². The van der Waals surface area contributed by atoms with Crippen LogP contribution in [0.3, 0.4) is 0 Å². The Morgan fingerprint density at radius 1 is 1.00 bits per heavy atom. The van der Waals surface area contributed by atoms with Crippen molar-refractivity contribution < 1.29 is 0 Å². The van der Waals surface area contributed by atoms with Crippen LogP contribution in [-0.2, 0) is 0 Å². The zero-order valence-electron chi connectivity index (χ0n) is 10.3. The van der Waals surface area contributed by atoms with Gasteiger partial charge >= 0.3 is 0 Å². The number of hydrogen-bond acceptors (Lipinski definition) is 3. The molecular formula is C13H25N3. The van der Waals surface area contributed by atoms with Crippen molar-refractivity contribution in [1.29, 1.82) is 0 Å². The van der Waals surface area contributed by atoms with Gasteiger partial charge in [-0.3, -0.25) is 9.80 Å². The molecule has 3 heteroatoms. The summed E-state index contributed by atoms with van der Waals surface area (Å²) in [5.41, 5.74) is 6.44. The summed E-state index contributed by atoms with van der Waals surface area (Å²) in [6.45, 7) is 5.96. The Balaban J connectivity index is 1.59. The van der Waals surface area contributed by atoms with E-state index < -0.39 is 0 Å². The van der Waals surface area contributed by atoms with Gasteiger partial charge in [-0.25, -0.2) is 0 Å². The summed E-state index contributed by atoms with van der Waals surface area (Å²) < 4.78 is 0. The first-order chi connectivity index (χ1) is 7.84. The third kappa shape index (κ3) is 1.89. The Labute approximate surface area is 99.0 Å². The van der Waals surface area contributed by atoms with E-state index in [2.05, 4.69) is 9.80 Å². The Kier molecular flexibility index (Phi) is 2.94. The highest BCUT2D eigenvalue weighted by molar-refractivity contribution is 4.98. The zero-order chi connectivity index (χ0) is 11.0. The second kappa shape index (κ2) is 4.28. The van der Waals surface area contributed by atoms with Crippen LogP contribution >= 0.6 is 0 Å². The lowest BCUT2D eigenvalue weighted by molar-refractivity contribution is 0.0368. The first-order valence-corrected chi connectivity index (χ1v) is 7.03. The first-order valence-electron chi connectivity index (χ1n) is 7.03. The third-order valence-electron chi connectivity index (χ3n) is 4.96. The highest BCUT2D eigenvalue weighted by Crippen LogP contribution is 2.36. The normalized spacial score (nSPS) is 32.1. The summed E-state index contributed by atoms with van der Waals surface area (Å²) in [5.74, 6) is 0. The number of piperazine rings is 1. The molecule has 0 unspecified atom stereocenters. The molecule has 3 aliphatic rings. The Bertz CT molecular complexity index is 236. The average molecular weight is 223 g/mol. The van der Waals surface area contributed by atoms with Crippen molar-refractivity contribution in [3.63, 3.8) is 0 Å². The fraction of sp³-hybridized carbons (Fsp3) is 1.00. The zero-order valence-corrected chi connectivity index (χ0v) is 10.3. The number of nitrogens with zero attached hydrogens (tertiary/aromatic N) is 2. The number of nitrogens with two attached hydrogens (primary N) is 1. The molecule has 1 heterocycles. The van der Waals surface area contributed by atoms with Crippen molar-refractivity contribution in [3.8, 4) is 0 Å². The van der Waals surface area contributed by atoms with Gasteiger partial charge in [0, 0.05) is 44.3 Å². The lowest BCUT2D eigenvalue weighted by Crippen LogP contribution is -2.59. The van der Waals surface area contributed by atoms with Crippen LogP contribution in [0.5, 0.6) is 0 Å². The van der Waals surface area contributed by atoms with Crippen LogP contribution in [0, 0.1) is 0 Å². The predicted molar refractivity (Wildman–Crippen MR) is 66.4 cm³/mol. The van der Waals surface area contributed by atoms with Gasteiger partial charge in [-0.2, -0.15) is 0 Å². The molecule has 3 rings (SSSR count). The Morgan fingerprint density at radius 2 is 1.62 bits per heavy atom. The standard InChI is InChI=1S/C13H25N3/c14-11-13(5-1-2-6-13)16-9-7-15(8-10-16)12-3-4-12/h12H,1-11,14H2. The lowest BCUT2D eigenvalue weighted by atomic mass is 9.94. The summed E-state index contributed by atoms with van der Waals surface area (Å²) in [5, 5.41) is 0. The van der Waals surface area contributed by atoms with E-state index in [1.54, 1.807) is 0 Å². The van der Waals surface area contributed by atoms with E-state index in [0.717, 1.165) is 12.6 Å². The van der Waals surface area contributed by atoms with E-state index in [1.165, 1.54) is 64.7 Å². The molecule has 0 aromatic heterocycles.